The van der Waals surface area contributed by atoms with Gasteiger partial charge in [0.25, 0.3) is 5.91 Å². The first-order chi connectivity index (χ1) is 10.0. The Morgan fingerprint density at radius 2 is 2.29 bits per heavy atom. The molecular weight excluding hydrogens is 272 g/mol. The van der Waals surface area contributed by atoms with Crippen LogP contribution in [-0.4, -0.2) is 53.5 Å². The third-order valence-electron chi connectivity index (χ3n) is 3.67. The van der Waals surface area contributed by atoms with Gasteiger partial charge in [0.15, 0.2) is 0 Å². The minimum atomic E-state index is -0.528. The summed E-state index contributed by atoms with van der Waals surface area (Å²) >= 11 is 0. The second kappa shape index (κ2) is 6.62. The first-order valence-corrected chi connectivity index (χ1v) is 6.93. The number of hydrogen-bond acceptors (Lipinski definition) is 5. The summed E-state index contributed by atoms with van der Waals surface area (Å²) in [7, 11) is 1.51. The lowest BCUT2D eigenvalue weighted by Crippen LogP contribution is -2.41. The predicted octanol–water partition coefficient (Wildman–Crippen LogP) is 0.236. The van der Waals surface area contributed by atoms with Crippen molar-refractivity contribution in [3.63, 3.8) is 0 Å². The summed E-state index contributed by atoms with van der Waals surface area (Å²) < 4.78 is 4.89. The first-order valence-electron chi connectivity index (χ1n) is 6.93. The molecule has 1 saturated heterocycles. The number of aryl methyl sites for hydroxylation is 1. The molecule has 7 nitrogen and oxygen atoms in total. The van der Waals surface area contributed by atoms with Crippen LogP contribution < -0.4 is 5.73 Å². The summed E-state index contributed by atoms with van der Waals surface area (Å²) in [5.41, 5.74) is 6.16. The van der Waals surface area contributed by atoms with Crippen LogP contribution in [0, 0.1) is 6.92 Å². The smallest absolute Gasteiger partial charge is 0.252 e. The van der Waals surface area contributed by atoms with E-state index in [1.54, 1.807) is 11.8 Å². The Hall–Kier alpha value is -2.02. The van der Waals surface area contributed by atoms with Gasteiger partial charge in [-0.15, -0.1) is 0 Å². The van der Waals surface area contributed by atoms with Gasteiger partial charge >= 0.3 is 0 Å². The zero-order valence-electron chi connectivity index (χ0n) is 12.3. The van der Waals surface area contributed by atoms with Crippen molar-refractivity contribution in [2.24, 2.45) is 5.73 Å². The van der Waals surface area contributed by atoms with Crippen molar-refractivity contribution in [3.05, 3.63) is 23.3 Å². The van der Waals surface area contributed by atoms with Gasteiger partial charge in [0, 0.05) is 32.3 Å². The number of nitrogens with zero attached hydrogens (tertiary/aromatic N) is 3. The van der Waals surface area contributed by atoms with Gasteiger partial charge < -0.3 is 15.4 Å². The first kappa shape index (κ1) is 15.4. The van der Waals surface area contributed by atoms with Crippen molar-refractivity contribution in [1.29, 1.82) is 0 Å². The van der Waals surface area contributed by atoms with Crippen LogP contribution in [0.1, 0.15) is 40.6 Å². The number of piperidine rings is 1. The van der Waals surface area contributed by atoms with Gasteiger partial charge in [-0.3, -0.25) is 9.59 Å². The van der Waals surface area contributed by atoms with Gasteiger partial charge in [-0.05, 0) is 19.8 Å². The number of primary amides is 1. The molecule has 0 spiro atoms. The number of methoxy groups -OCH3 is 1. The minimum absolute atomic E-state index is 0.0207. The Morgan fingerprint density at radius 3 is 2.90 bits per heavy atom. The van der Waals surface area contributed by atoms with Crippen LogP contribution in [0.5, 0.6) is 0 Å². The molecule has 1 aliphatic rings. The van der Waals surface area contributed by atoms with Gasteiger partial charge in [0.1, 0.15) is 12.4 Å². The standard InChI is InChI=1S/C14H20N4O3/c1-9-11(13(15)20)6-16-14(17-9)10-4-3-5-18(7-10)12(19)8-21-2/h6,10H,3-5,7-8H2,1-2H3,(H2,15,20)/t10-/m0/s1. The molecule has 2 rings (SSSR count). The lowest BCUT2D eigenvalue weighted by atomic mass is 9.97. The molecule has 1 fully saturated rings. The Kier molecular flexibility index (Phi) is 4.85. The molecule has 0 radical (unpaired) electrons. The molecule has 1 atom stereocenters. The maximum Gasteiger partial charge on any atom is 0.252 e. The lowest BCUT2D eigenvalue weighted by Gasteiger charge is -2.32. The van der Waals surface area contributed by atoms with E-state index < -0.39 is 5.91 Å². The third-order valence-corrected chi connectivity index (χ3v) is 3.67. The summed E-state index contributed by atoms with van der Waals surface area (Å²) in [4.78, 5) is 33.5. The molecule has 0 aromatic carbocycles. The van der Waals surface area contributed by atoms with E-state index in [4.69, 9.17) is 10.5 Å². The zero-order chi connectivity index (χ0) is 15.4. The van der Waals surface area contributed by atoms with Crippen molar-refractivity contribution < 1.29 is 14.3 Å². The van der Waals surface area contributed by atoms with Crippen LogP contribution in [0.3, 0.4) is 0 Å². The Morgan fingerprint density at radius 1 is 1.52 bits per heavy atom. The van der Waals surface area contributed by atoms with E-state index in [0.717, 1.165) is 19.4 Å². The van der Waals surface area contributed by atoms with E-state index in [9.17, 15) is 9.59 Å². The van der Waals surface area contributed by atoms with Crippen LogP contribution in [0.15, 0.2) is 6.20 Å². The highest BCUT2D eigenvalue weighted by molar-refractivity contribution is 5.93. The van der Waals surface area contributed by atoms with E-state index in [2.05, 4.69) is 9.97 Å². The van der Waals surface area contributed by atoms with Crippen LogP contribution in [0.4, 0.5) is 0 Å². The second-order valence-corrected chi connectivity index (χ2v) is 5.20. The number of nitrogens with two attached hydrogens (primary N) is 1. The van der Waals surface area contributed by atoms with Gasteiger partial charge in [-0.25, -0.2) is 9.97 Å². The summed E-state index contributed by atoms with van der Waals surface area (Å²) in [6.07, 6.45) is 3.29. The maximum absolute atomic E-state index is 11.9. The fraction of sp³-hybridized carbons (Fsp3) is 0.571. The maximum atomic E-state index is 11.9. The number of hydrogen-bond donors (Lipinski definition) is 1. The molecule has 1 aromatic rings. The molecular formula is C14H20N4O3. The van der Waals surface area contributed by atoms with Crippen LogP contribution in [0.2, 0.25) is 0 Å². The monoisotopic (exact) mass is 292 g/mol. The zero-order valence-corrected chi connectivity index (χ0v) is 12.3. The number of carbonyl (C=O) groups excluding carboxylic acids is 2. The van der Waals surface area contributed by atoms with E-state index in [1.165, 1.54) is 13.3 Å². The number of carbonyl (C=O) groups is 2. The van der Waals surface area contributed by atoms with E-state index in [1.807, 2.05) is 0 Å². The number of rotatable bonds is 4. The minimum Gasteiger partial charge on any atom is -0.375 e. The fourth-order valence-electron chi connectivity index (χ4n) is 2.55. The molecule has 1 aliphatic heterocycles. The van der Waals surface area contributed by atoms with Crippen molar-refractivity contribution in [2.45, 2.75) is 25.7 Å². The van der Waals surface area contributed by atoms with E-state index >= 15 is 0 Å². The Bertz CT molecular complexity index is 547. The van der Waals surface area contributed by atoms with Gasteiger partial charge in [-0.1, -0.05) is 0 Å². The summed E-state index contributed by atoms with van der Waals surface area (Å²) in [5, 5.41) is 0. The highest BCUT2D eigenvalue weighted by Crippen LogP contribution is 2.24. The quantitative estimate of drug-likeness (QED) is 0.857. The predicted molar refractivity (Wildman–Crippen MR) is 75.7 cm³/mol. The van der Waals surface area contributed by atoms with Gasteiger partial charge in [-0.2, -0.15) is 0 Å². The van der Waals surface area contributed by atoms with Gasteiger partial charge in [0.2, 0.25) is 5.91 Å². The van der Waals surface area contributed by atoms with Crippen LogP contribution >= 0.6 is 0 Å². The Labute approximate surface area is 123 Å². The van der Waals surface area contributed by atoms with Crippen molar-refractivity contribution in [3.8, 4) is 0 Å². The SMILES string of the molecule is COCC(=O)N1CCC[C@H](c2ncc(C(N)=O)c(C)n2)C1. The third kappa shape index (κ3) is 3.55. The topological polar surface area (TPSA) is 98.4 Å². The van der Waals surface area contributed by atoms with E-state index in [0.29, 0.717) is 23.6 Å². The highest BCUT2D eigenvalue weighted by atomic mass is 16.5. The molecule has 2 amide bonds. The molecule has 1 aromatic heterocycles. The number of amides is 2. The fourth-order valence-corrected chi connectivity index (χ4v) is 2.55. The van der Waals surface area contributed by atoms with Crippen LogP contribution in [-0.2, 0) is 9.53 Å². The summed E-state index contributed by atoms with van der Waals surface area (Å²) in [6, 6.07) is 0. The molecule has 0 unspecified atom stereocenters. The van der Waals surface area contributed by atoms with E-state index in [-0.39, 0.29) is 18.4 Å². The highest BCUT2D eigenvalue weighted by Gasteiger charge is 2.26. The molecule has 2 heterocycles. The van der Waals surface area contributed by atoms with Crippen molar-refractivity contribution in [1.82, 2.24) is 14.9 Å². The average Bonchev–Trinajstić information content (AvgIpc) is 2.47. The molecule has 21 heavy (non-hydrogen) atoms. The normalized spacial score (nSPS) is 18.6. The molecule has 2 N–H and O–H groups in total. The average molecular weight is 292 g/mol. The molecule has 0 bridgehead atoms. The molecule has 114 valence electrons. The molecule has 7 heteroatoms. The largest absolute Gasteiger partial charge is 0.375 e. The summed E-state index contributed by atoms with van der Waals surface area (Å²) in [5.74, 6) is 0.194. The van der Waals surface area contributed by atoms with Crippen molar-refractivity contribution in [2.75, 3.05) is 26.8 Å². The lowest BCUT2D eigenvalue weighted by molar-refractivity contribution is -0.136. The molecule has 0 saturated carbocycles. The number of ether oxygens (including phenoxy) is 1. The molecule has 0 aliphatic carbocycles. The van der Waals surface area contributed by atoms with Crippen LogP contribution in [0.25, 0.3) is 0 Å². The Balaban J connectivity index is 2.12. The second-order valence-electron chi connectivity index (χ2n) is 5.20. The summed E-state index contributed by atoms with van der Waals surface area (Å²) in [6.45, 7) is 3.14. The van der Waals surface area contributed by atoms with Crippen molar-refractivity contribution >= 4 is 11.8 Å². The van der Waals surface area contributed by atoms with Gasteiger partial charge in [0.05, 0.1) is 11.3 Å². The number of aromatic nitrogens is 2. The number of likely N-dealkylation sites (tertiary alicyclic amines) is 1.